The fourth-order valence-electron chi connectivity index (χ4n) is 3.95. The van der Waals surface area contributed by atoms with Crippen molar-refractivity contribution in [3.8, 4) is 6.07 Å². The van der Waals surface area contributed by atoms with Crippen LogP contribution < -0.4 is 10.2 Å². The van der Waals surface area contributed by atoms with Crippen molar-refractivity contribution in [2.75, 3.05) is 25.0 Å². The Balaban J connectivity index is 1.74. The standard InChI is InChI=1S/C23H30N4O2/c1-4-26(14-19-9-6-5-7-10-19)16-22(28)25-23-21(13-24)17(2)18(3)27(23)15-20-11-8-12-29-20/h5-7,9-10,20H,4,8,11-12,14-16H2,1-3H3,(H,25,28)/p+1/t20-/m0/s1. The van der Waals surface area contributed by atoms with E-state index in [1.54, 1.807) is 0 Å². The number of carbonyl (C=O) groups is 1. The van der Waals surface area contributed by atoms with E-state index in [2.05, 4.69) is 30.4 Å². The molecule has 1 aliphatic heterocycles. The van der Waals surface area contributed by atoms with Crippen molar-refractivity contribution in [2.45, 2.75) is 52.8 Å². The number of quaternary nitrogens is 1. The number of likely N-dealkylation sites (N-methyl/N-ethyl adjacent to an activating group) is 1. The fraction of sp³-hybridized carbons (Fsp3) is 0.478. The summed E-state index contributed by atoms with van der Waals surface area (Å²) in [6.45, 7) is 9.48. The van der Waals surface area contributed by atoms with Crippen molar-refractivity contribution in [3.63, 3.8) is 0 Å². The Labute approximate surface area is 173 Å². The highest BCUT2D eigenvalue weighted by Crippen LogP contribution is 2.28. The van der Waals surface area contributed by atoms with E-state index >= 15 is 0 Å². The second kappa shape index (κ2) is 9.73. The van der Waals surface area contributed by atoms with Crippen LogP contribution in [0.3, 0.4) is 0 Å². The van der Waals surface area contributed by atoms with Crippen molar-refractivity contribution in [1.29, 1.82) is 5.26 Å². The Kier molecular flexibility index (Phi) is 7.08. The van der Waals surface area contributed by atoms with E-state index in [1.807, 2.05) is 36.6 Å². The maximum Gasteiger partial charge on any atom is 0.280 e. The average molecular weight is 396 g/mol. The molecule has 1 fully saturated rings. The van der Waals surface area contributed by atoms with Gasteiger partial charge in [0.1, 0.15) is 18.4 Å². The van der Waals surface area contributed by atoms with Gasteiger partial charge in [-0.1, -0.05) is 30.3 Å². The molecule has 6 heteroatoms. The van der Waals surface area contributed by atoms with Crippen molar-refractivity contribution in [2.24, 2.45) is 0 Å². The van der Waals surface area contributed by atoms with Gasteiger partial charge in [-0.3, -0.25) is 4.79 Å². The molecule has 1 aliphatic rings. The van der Waals surface area contributed by atoms with Crippen LogP contribution in [-0.2, 0) is 22.6 Å². The lowest BCUT2D eigenvalue weighted by Gasteiger charge is -2.19. The minimum absolute atomic E-state index is 0.0691. The van der Waals surface area contributed by atoms with Crippen LogP contribution in [0.4, 0.5) is 5.82 Å². The molecule has 0 bridgehead atoms. The molecule has 0 radical (unpaired) electrons. The molecule has 1 unspecified atom stereocenters. The molecule has 0 spiro atoms. The molecule has 1 saturated heterocycles. The molecular weight excluding hydrogens is 364 g/mol. The van der Waals surface area contributed by atoms with E-state index in [0.29, 0.717) is 24.5 Å². The molecule has 2 N–H and O–H groups in total. The maximum absolute atomic E-state index is 12.9. The van der Waals surface area contributed by atoms with Gasteiger partial charge in [-0.15, -0.1) is 0 Å². The van der Waals surface area contributed by atoms with Gasteiger partial charge in [-0.25, -0.2) is 0 Å². The van der Waals surface area contributed by atoms with Gasteiger partial charge in [0.15, 0.2) is 6.54 Å². The summed E-state index contributed by atoms with van der Waals surface area (Å²) in [5, 5.41) is 12.7. The number of nitrogens with one attached hydrogen (secondary N) is 2. The summed E-state index contributed by atoms with van der Waals surface area (Å²) in [4.78, 5) is 14.0. The zero-order valence-corrected chi connectivity index (χ0v) is 17.6. The number of benzene rings is 1. The Morgan fingerprint density at radius 1 is 1.34 bits per heavy atom. The molecule has 0 aliphatic carbocycles. The molecule has 2 heterocycles. The maximum atomic E-state index is 12.9. The molecule has 29 heavy (non-hydrogen) atoms. The van der Waals surface area contributed by atoms with Crippen LogP contribution >= 0.6 is 0 Å². The number of nitriles is 1. The first-order valence-corrected chi connectivity index (χ1v) is 10.4. The second-order valence-electron chi connectivity index (χ2n) is 7.78. The highest BCUT2D eigenvalue weighted by molar-refractivity contribution is 5.92. The van der Waals surface area contributed by atoms with E-state index in [4.69, 9.17) is 4.74 Å². The highest BCUT2D eigenvalue weighted by Gasteiger charge is 2.25. The van der Waals surface area contributed by atoms with E-state index in [-0.39, 0.29) is 12.0 Å². The van der Waals surface area contributed by atoms with Gasteiger partial charge in [-0.2, -0.15) is 5.26 Å². The number of amides is 1. The lowest BCUT2D eigenvalue weighted by atomic mass is 10.2. The van der Waals surface area contributed by atoms with Crippen LogP contribution in [0, 0.1) is 25.2 Å². The highest BCUT2D eigenvalue weighted by atomic mass is 16.5. The van der Waals surface area contributed by atoms with Gasteiger partial charge in [0, 0.05) is 17.9 Å². The molecule has 2 aromatic rings. The molecule has 3 rings (SSSR count). The molecule has 6 nitrogen and oxygen atoms in total. The quantitative estimate of drug-likeness (QED) is 0.720. The van der Waals surface area contributed by atoms with Crippen molar-refractivity contribution in [3.05, 3.63) is 52.7 Å². The van der Waals surface area contributed by atoms with Crippen LogP contribution in [0.25, 0.3) is 0 Å². The predicted molar refractivity (Wildman–Crippen MR) is 113 cm³/mol. The van der Waals surface area contributed by atoms with Gasteiger partial charge in [0.2, 0.25) is 0 Å². The summed E-state index contributed by atoms with van der Waals surface area (Å²) in [5.41, 5.74) is 3.69. The zero-order chi connectivity index (χ0) is 20.8. The van der Waals surface area contributed by atoms with Crippen LogP contribution in [0.1, 0.15) is 42.1 Å². The number of anilines is 1. The predicted octanol–water partition coefficient (Wildman–Crippen LogP) is 2.20. The number of nitrogens with zero attached hydrogens (tertiary/aromatic N) is 2. The summed E-state index contributed by atoms with van der Waals surface area (Å²) in [6.07, 6.45) is 2.21. The van der Waals surface area contributed by atoms with Crippen molar-refractivity contribution < 1.29 is 14.4 Å². The SMILES string of the molecule is CC[NH+](CC(=O)Nc1c(C#N)c(C)c(C)n1C[C@@H]1CCCO1)Cc1ccccc1. The Bertz CT molecular complexity index is 877. The summed E-state index contributed by atoms with van der Waals surface area (Å²) in [7, 11) is 0. The molecule has 154 valence electrons. The third-order valence-corrected chi connectivity index (χ3v) is 5.82. The Morgan fingerprint density at radius 3 is 2.72 bits per heavy atom. The summed E-state index contributed by atoms with van der Waals surface area (Å²) >= 11 is 0. The van der Waals surface area contributed by atoms with E-state index in [9.17, 15) is 10.1 Å². The number of hydrogen-bond acceptors (Lipinski definition) is 3. The smallest absolute Gasteiger partial charge is 0.280 e. The molecule has 1 amide bonds. The lowest BCUT2D eigenvalue weighted by molar-refractivity contribution is -0.903. The number of ether oxygens (including phenoxy) is 1. The van der Waals surface area contributed by atoms with Crippen LogP contribution in [0.2, 0.25) is 0 Å². The summed E-state index contributed by atoms with van der Waals surface area (Å²) < 4.78 is 7.83. The monoisotopic (exact) mass is 395 g/mol. The van der Waals surface area contributed by atoms with Gasteiger partial charge in [-0.05, 0) is 39.2 Å². The second-order valence-corrected chi connectivity index (χ2v) is 7.78. The molecule has 0 saturated carbocycles. The third kappa shape index (κ3) is 5.06. The Morgan fingerprint density at radius 2 is 2.10 bits per heavy atom. The van der Waals surface area contributed by atoms with Crippen LogP contribution in [-0.4, -0.2) is 36.3 Å². The number of hydrogen-bond donors (Lipinski definition) is 2. The minimum Gasteiger partial charge on any atom is -0.376 e. The van der Waals surface area contributed by atoms with Crippen molar-refractivity contribution >= 4 is 11.7 Å². The topological polar surface area (TPSA) is 71.5 Å². The first kappa shape index (κ1) is 21.1. The lowest BCUT2D eigenvalue weighted by Crippen LogP contribution is -3.11. The normalized spacial score (nSPS) is 17.1. The summed E-state index contributed by atoms with van der Waals surface area (Å²) in [5.74, 6) is 0.540. The minimum atomic E-state index is -0.0691. The van der Waals surface area contributed by atoms with Gasteiger partial charge in [0.05, 0.1) is 24.8 Å². The fourth-order valence-corrected chi connectivity index (χ4v) is 3.95. The molecular formula is C23H31N4O2+. The summed E-state index contributed by atoms with van der Waals surface area (Å²) in [6, 6.07) is 12.5. The van der Waals surface area contributed by atoms with Gasteiger partial charge >= 0.3 is 0 Å². The first-order chi connectivity index (χ1) is 14.0. The van der Waals surface area contributed by atoms with Crippen LogP contribution in [0.15, 0.2) is 30.3 Å². The van der Waals surface area contributed by atoms with Crippen molar-refractivity contribution in [1.82, 2.24) is 4.57 Å². The number of carbonyl (C=O) groups excluding carboxylic acids is 1. The zero-order valence-electron chi connectivity index (χ0n) is 17.6. The van der Waals surface area contributed by atoms with E-state index in [0.717, 1.165) is 43.8 Å². The van der Waals surface area contributed by atoms with E-state index < -0.39 is 0 Å². The average Bonchev–Trinajstić information content (AvgIpc) is 3.31. The van der Waals surface area contributed by atoms with Gasteiger partial charge in [0.25, 0.3) is 5.91 Å². The third-order valence-electron chi connectivity index (χ3n) is 5.82. The molecule has 2 atom stereocenters. The Hall–Kier alpha value is -2.62. The first-order valence-electron chi connectivity index (χ1n) is 10.4. The molecule has 1 aromatic carbocycles. The number of aromatic nitrogens is 1. The van der Waals surface area contributed by atoms with E-state index in [1.165, 1.54) is 10.5 Å². The van der Waals surface area contributed by atoms with Gasteiger partial charge < -0.3 is 19.5 Å². The largest absolute Gasteiger partial charge is 0.376 e. The number of rotatable bonds is 8. The molecule has 1 aromatic heterocycles. The van der Waals surface area contributed by atoms with Crippen LogP contribution in [0.5, 0.6) is 0 Å².